The summed E-state index contributed by atoms with van der Waals surface area (Å²) in [6.45, 7) is 1.82. The van der Waals surface area contributed by atoms with Gasteiger partial charge in [0.05, 0.1) is 11.2 Å². The van der Waals surface area contributed by atoms with Crippen molar-refractivity contribution < 1.29 is 4.79 Å². The van der Waals surface area contributed by atoms with Gasteiger partial charge in [-0.3, -0.25) is 10.1 Å². The van der Waals surface area contributed by atoms with Gasteiger partial charge in [0.25, 0.3) is 5.91 Å². The van der Waals surface area contributed by atoms with Crippen LogP contribution in [0.3, 0.4) is 0 Å². The van der Waals surface area contributed by atoms with E-state index in [2.05, 4.69) is 25.2 Å². The van der Waals surface area contributed by atoms with Crippen LogP contribution in [0.1, 0.15) is 23.3 Å². The molecule has 1 amide bonds. The van der Waals surface area contributed by atoms with Gasteiger partial charge in [-0.25, -0.2) is 15.0 Å². The van der Waals surface area contributed by atoms with Crippen molar-refractivity contribution in [2.45, 2.75) is 12.8 Å². The largest absolute Gasteiger partial charge is 0.341 e. The van der Waals surface area contributed by atoms with Gasteiger partial charge in [-0.15, -0.1) is 11.3 Å². The Morgan fingerprint density at radius 2 is 2.15 bits per heavy atom. The van der Waals surface area contributed by atoms with Crippen LogP contribution in [0.2, 0.25) is 5.02 Å². The van der Waals surface area contributed by atoms with Gasteiger partial charge < -0.3 is 4.90 Å². The molecule has 20 heavy (non-hydrogen) atoms. The highest BCUT2D eigenvalue weighted by atomic mass is 35.5. The van der Waals surface area contributed by atoms with Gasteiger partial charge >= 0.3 is 0 Å². The van der Waals surface area contributed by atoms with Crippen LogP contribution in [0, 0.1) is 0 Å². The molecule has 2 aromatic rings. The molecule has 0 aliphatic carbocycles. The Balaban J connectivity index is 1.84. The SMILES string of the molecule is O=C(Nc1nccs1)c1nc(N2CCCC2)ncc1Cl. The summed E-state index contributed by atoms with van der Waals surface area (Å²) in [5.41, 5.74) is 0.179. The molecule has 0 spiro atoms. The van der Waals surface area contributed by atoms with E-state index in [1.165, 1.54) is 17.5 Å². The minimum absolute atomic E-state index is 0.179. The summed E-state index contributed by atoms with van der Waals surface area (Å²) in [6, 6.07) is 0. The maximum Gasteiger partial charge on any atom is 0.277 e. The average Bonchev–Trinajstić information content (AvgIpc) is 3.11. The number of aromatic nitrogens is 3. The molecule has 1 saturated heterocycles. The Morgan fingerprint density at radius 1 is 1.35 bits per heavy atom. The van der Waals surface area contributed by atoms with Gasteiger partial charge in [0, 0.05) is 24.7 Å². The van der Waals surface area contributed by atoms with Crippen molar-refractivity contribution in [3.63, 3.8) is 0 Å². The predicted molar refractivity (Wildman–Crippen MR) is 78.6 cm³/mol. The molecule has 1 N–H and O–H groups in total. The van der Waals surface area contributed by atoms with Crippen molar-refractivity contribution in [2.75, 3.05) is 23.3 Å². The zero-order chi connectivity index (χ0) is 13.9. The second-order valence-corrected chi connectivity index (χ2v) is 5.65. The van der Waals surface area contributed by atoms with E-state index in [0.29, 0.717) is 11.1 Å². The molecular formula is C12H12ClN5OS. The summed E-state index contributed by atoms with van der Waals surface area (Å²) in [5, 5.41) is 5.22. The maximum absolute atomic E-state index is 12.2. The lowest BCUT2D eigenvalue weighted by atomic mass is 10.4. The van der Waals surface area contributed by atoms with Crippen molar-refractivity contribution >= 4 is 39.9 Å². The Bertz CT molecular complexity index is 612. The zero-order valence-electron chi connectivity index (χ0n) is 10.5. The molecule has 0 unspecified atom stereocenters. The highest BCUT2D eigenvalue weighted by Gasteiger charge is 2.20. The lowest BCUT2D eigenvalue weighted by molar-refractivity contribution is 0.102. The summed E-state index contributed by atoms with van der Waals surface area (Å²) < 4.78 is 0. The van der Waals surface area contributed by atoms with Crippen LogP contribution in [0.15, 0.2) is 17.8 Å². The number of nitrogens with zero attached hydrogens (tertiary/aromatic N) is 4. The molecule has 1 fully saturated rings. The first-order valence-corrected chi connectivity index (χ1v) is 7.48. The van der Waals surface area contributed by atoms with E-state index < -0.39 is 0 Å². The second kappa shape index (κ2) is 5.72. The van der Waals surface area contributed by atoms with Crippen molar-refractivity contribution in [2.24, 2.45) is 0 Å². The fourth-order valence-electron chi connectivity index (χ4n) is 2.03. The van der Waals surface area contributed by atoms with E-state index in [1.54, 1.807) is 11.6 Å². The predicted octanol–water partition coefficient (Wildman–Crippen LogP) is 2.44. The van der Waals surface area contributed by atoms with E-state index in [-0.39, 0.29) is 16.6 Å². The van der Waals surface area contributed by atoms with E-state index in [4.69, 9.17) is 11.6 Å². The fourth-order valence-corrected chi connectivity index (χ4v) is 2.73. The molecule has 1 aliphatic heterocycles. The highest BCUT2D eigenvalue weighted by molar-refractivity contribution is 7.13. The Hall–Kier alpha value is -1.73. The van der Waals surface area contributed by atoms with Crippen LogP contribution in [0.4, 0.5) is 11.1 Å². The summed E-state index contributed by atoms with van der Waals surface area (Å²) in [4.78, 5) is 26.7. The average molecular weight is 310 g/mol. The maximum atomic E-state index is 12.2. The first kappa shape index (κ1) is 13.3. The van der Waals surface area contributed by atoms with E-state index >= 15 is 0 Å². The van der Waals surface area contributed by atoms with Gasteiger partial charge in [0.15, 0.2) is 10.8 Å². The lowest BCUT2D eigenvalue weighted by Gasteiger charge is -2.15. The summed E-state index contributed by atoms with van der Waals surface area (Å²) in [5.74, 6) is 0.184. The monoisotopic (exact) mass is 309 g/mol. The Morgan fingerprint density at radius 3 is 2.85 bits per heavy atom. The van der Waals surface area contributed by atoms with Gasteiger partial charge in [-0.05, 0) is 12.8 Å². The van der Waals surface area contributed by atoms with Crippen LogP contribution in [-0.4, -0.2) is 33.9 Å². The number of rotatable bonds is 3. The third kappa shape index (κ3) is 2.73. The standard InChI is InChI=1S/C12H12ClN5OS/c13-8-7-15-11(18-4-1-2-5-18)16-9(8)10(19)17-12-14-3-6-20-12/h3,6-7H,1-2,4-5H2,(H,14,17,19). The molecule has 0 atom stereocenters. The van der Waals surface area contributed by atoms with Crippen molar-refractivity contribution in [3.8, 4) is 0 Å². The highest BCUT2D eigenvalue weighted by Crippen LogP contribution is 2.21. The third-order valence-electron chi connectivity index (χ3n) is 2.99. The van der Waals surface area contributed by atoms with Crippen molar-refractivity contribution in [1.29, 1.82) is 0 Å². The number of nitrogens with one attached hydrogen (secondary N) is 1. The summed E-state index contributed by atoms with van der Waals surface area (Å²) in [7, 11) is 0. The van der Waals surface area contributed by atoms with Crippen LogP contribution >= 0.6 is 22.9 Å². The third-order valence-corrected chi connectivity index (χ3v) is 3.95. The molecule has 0 bridgehead atoms. The number of amides is 1. The van der Waals surface area contributed by atoms with Crippen LogP contribution in [-0.2, 0) is 0 Å². The van der Waals surface area contributed by atoms with Crippen LogP contribution in [0.25, 0.3) is 0 Å². The molecule has 104 valence electrons. The number of anilines is 2. The fraction of sp³-hybridized carbons (Fsp3) is 0.333. The zero-order valence-corrected chi connectivity index (χ0v) is 12.1. The Kier molecular flexibility index (Phi) is 3.79. The van der Waals surface area contributed by atoms with Crippen LogP contribution < -0.4 is 10.2 Å². The van der Waals surface area contributed by atoms with Gasteiger partial charge in [0.1, 0.15) is 0 Å². The summed E-state index contributed by atoms with van der Waals surface area (Å²) in [6.07, 6.45) is 5.33. The molecule has 8 heteroatoms. The first-order valence-electron chi connectivity index (χ1n) is 6.22. The number of hydrogen-bond donors (Lipinski definition) is 1. The number of halogens is 1. The second-order valence-electron chi connectivity index (χ2n) is 4.35. The minimum Gasteiger partial charge on any atom is -0.341 e. The lowest BCUT2D eigenvalue weighted by Crippen LogP contribution is -2.23. The molecule has 1 aliphatic rings. The van der Waals surface area contributed by atoms with Crippen LogP contribution in [0.5, 0.6) is 0 Å². The van der Waals surface area contributed by atoms with Gasteiger partial charge in [-0.2, -0.15) is 0 Å². The normalized spacial score (nSPS) is 14.6. The smallest absolute Gasteiger partial charge is 0.277 e. The first-order chi connectivity index (χ1) is 9.74. The number of carbonyl (C=O) groups is 1. The molecular weight excluding hydrogens is 298 g/mol. The number of hydrogen-bond acceptors (Lipinski definition) is 6. The summed E-state index contributed by atoms with van der Waals surface area (Å²) >= 11 is 7.36. The molecule has 6 nitrogen and oxygen atoms in total. The van der Waals surface area contributed by atoms with E-state index in [0.717, 1.165) is 25.9 Å². The number of thiazole rings is 1. The Labute approximate surface area is 124 Å². The van der Waals surface area contributed by atoms with E-state index in [9.17, 15) is 4.79 Å². The molecule has 0 radical (unpaired) electrons. The molecule has 0 saturated carbocycles. The van der Waals surface area contributed by atoms with Crippen molar-refractivity contribution in [3.05, 3.63) is 28.5 Å². The van der Waals surface area contributed by atoms with Gasteiger partial charge in [-0.1, -0.05) is 11.6 Å². The molecule has 2 aromatic heterocycles. The van der Waals surface area contributed by atoms with Crippen molar-refractivity contribution in [1.82, 2.24) is 15.0 Å². The minimum atomic E-state index is -0.368. The quantitative estimate of drug-likeness (QED) is 0.943. The number of carbonyl (C=O) groups excluding carboxylic acids is 1. The topological polar surface area (TPSA) is 71.0 Å². The van der Waals surface area contributed by atoms with E-state index in [1.807, 2.05) is 0 Å². The van der Waals surface area contributed by atoms with Gasteiger partial charge in [0.2, 0.25) is 5.95 Å². The molecule has 3 heterocycles. The molecule has 0 aromatic carbocycles. The molecule has 3 rings (SSSR count).